The van der Waals surface area contributed by atoms with Crippen LogP contribution >= 0.6 is 0 Å². The predicted octanol–water partition coefficient (Wildman–Crippen LogP) is 2.41. The lowest BCUT2D eigenvalue weighted by Crippen LogP contribution is -2.55. The molecule has 2 heterocycles. The highest BCUT2D eigenvalue weighted by Gasteiger charge is 2.48. The molecule has 0 aliphatic carbocycles. The van der Waals surface area contributed by atoms with Crippen molar-refractivity contribution in [2.75, 3.05) is 13.1 Å². The van der Waals surface area contributed by atoms with Gasteiger partial charge in [0, 0.05) is 18.6 Å². The Labute approximate surface area is 111 Å². The van der Waals surface area contributed by atoms with Gasteiger partial charge in [0.25, 0.3) is 0 Å². The van der Waals surface area contributed by atoms with Crippen LogP contribution in [-0.2, 0) is 4.79 Å². The van der Waals surface area contributed by atoms with Gasteiger partial charge in [-0.15, -0.1) is 0 Å². The molecule has 0 aromatic heterocycles. The van der Waals surface area contributed by atoms with E-state index in [1.165, 1.54) is 6.42 Å². The lowest BCUT2D eigenvalue weighted by molar-refractivity contribution is -0.150. The van der Waals surface area contributed by atoms with Gasteiger partial charge in [-0.2, -0.15) is 0 Å². The van der Waals surface area contributed by atoms with Crippen LogP contribution in [-0.4, -0.2) is 36.0 Å². The fraction of sp³-hybridized carbons (Fsp3) is 0.933. The first-order valence-corrected chi connectivity index (χ1v) is 7.52. The third-order valence-corrected chi connectivity index (χ3v) is 5.15. The van der Waals surface area contributed by atoms with Gasteiger partial charge in [0.1, 0.15) is 0 Å². The first-order chi connectivity index (χ1) is 8.49. The lowest BCUT2D eigenvalue weighted by Gasteiger charge is -2.45. The number of likely N-dealkylation sites (tertiary alicyclic amines) is 1. The Balaban J connectivity index is 2.22. The van der Waals surface area contributed by atoms with Crippen LogP contribution in [0.3, 0.4) is 0 Å². The smallest absolute Gasteiger partial charge is 0.230 e. The average molecular weight is 252 g/mol. The molecule has 1 amide bonds. The molecule has 18 heavy (non-hydrogen) atoms. The fourth-order valence-corrected chi connectivity index (χ4v) is 3.71. The van der Waals surface area contributed by atoms with Gasteiger partial charge in [-0.3, -0.25) is 4.79 Å². The van der Waals surface area contributed by atoms with Crippen molar-refractivity contribution in [2.24, 2.45) is 11.3 Å². The van der Waals surface area contributed by atoms with Gasteiger partial charge < -0.3 is 10.2 Å². The lowest BCUT2D eigenvalue weighted by atomic mass is 9.74. The van der Waals surface area contributed by atoms with Crippen molar-refractivity contribution < 1.29 is 4.79 Å². The second-order valence-electron chi connectivity index (χ2n) is 6.58. The first-order valence-electron chi connectivity index (χ1n) is 7.52. The third-order valence-electron chi connectivity index (χ3n) is 5.15. The number of nitrogens with one attached hydrogen (secondary N) is 1. The van der Waals surface area contributed by atoms with Crippen LogP contribution in [0.25, 0.3) is 0 Å². The molecule has 0 bridgehead atoms. The SMILES string of the molecule is CC(C)C1(C(=O)N2[C@H](C)CCC[C@@H]2C)CCNC1. The van der Waals surface area contributed by atoms with E-state index in [9.17, 15) is 4.79 Å². The molecule has 0 saturated carbocycles. The van der Waals surface area contributed by atoms with Crippen molar-refractivity contribution in [2.45, 2.75) is 65.5 Å². The summed E-state index contributed by atoms with van der Waals surface area (Å²) >= 11 is 0. The summed E-state index contributed by atoms with van der Waals surface area (Å²) in [7, 11) is 0. The molecule has 2 aliphatic heterocycles. The minimum atomic E-state index is -0.153. The Morgan fingerprint density at radius 2 is 1.89 bits per heavy atom. The van der Waals surface area contributed by atoms with E-state index in [-0.39, 0.29) is 5.41 Å². The zero-order valence-corrected chi connectivity index (χ0v) is 12.3. The second kappa shape index (κ2) is 5.20. The van der Waals surface area contributed by atoms with Gasteiger partial charge >= 0.3 is 0 Å². The van der Waals surface area contributed by atoms with Crippen molar-refractivity contribution in [1.82, 2.24) is 10.2 Å². The molecule has 2 saturated heterocycles. The van der Waals surface area contributed by atoms with Crippen LogP contribution in [0.15, 0.2) is 0 Å². The van der Waals surface area contributed by atoms with Crippen molar-refractivity contribution in [1.29, 1.82) is 0 Å². The van der Waals surface area contributed by atoms with Crippen molar-refractivity contribution in [3.63, 3.8) is 0 Å². The quantitative estimate of drug-likeness (QED) is 0.818. The van der Waals surface area contributed by atoms with Crippen LogP contribution in [0.4, 0.5) is 0 Å². The molecule has 0 aromatic carbocycles. The summed E-state index contributed by atoms with van der Waals surface area (Å²) in [5.41, 5.74) is -0.153. The summed E-state index contributed by atoms with van der Waals surface area (Å²) in [6.45, 7) is 10.7. The highest BCUT2D eigenvalue weighted by atomic mass is 16.2. The molecular formula is C15H28N2O. The summed E-state index contributed by atoms with van der Waals surface area (Å²) in [6, 6.07) is 0.829. The van der Waals surface area contributed by atoms with E-state index in [1.807, 2.05) is 0 Å². The number of rotatable bonds is 2. The Morgan fingerprint density at radius 3 is 2.33 bits per heavy atom. The van der Waals surface area contributed by atoms with E-state index >= 15 is 0 Å². The maximum atomic E-state index is 13.1. The van der Waals surface area contributed by atoms with Gasteiger partial charge in [0.2, 0.25) is 5.91 Å². The van der Waals surface area contributed by atoms with Crippen LogP contribution in [0, 0.1) is 11.3 Å². The summed E-state index contributed by atoms with van der Waals surface area (Å²) in [5, 5.41) is 3.40. The zero-order valence-electron chi connectivity index (χ0n) is 12.3. The van der Waals surface area contributed by atoms with E-state index in [0.717, 1.165) is 32.4 Å². The van der Waals surface area contributed by atoms with Crippen LogP contribution in [0.5, 0.6) is 0 Å². The molecule has 104 valence electrons. The minimum Gasteiger partial charge on any atom is -0.337 e. The van der Waals surface area contributed by atoms with E-state index in [1.54, 1.807) is 0 Å². The molecule has 0 aromatic rings. The van der Waals surface area contributed by atoms with Gasteiger partial charge in [-0.1, -0.05) is 13.8 Å². The third kappa shape index (κ3) is 2.18. The van der Waals surface area contributed by atoms with Crippen molar-refractivity contribution in [3.05, 3.63) is 0 Å². The highest BCUT2D eigenvalue weighted by Crippen LogP contribution is 2.38. The van der Waals surface area contributed by atoms with Crippen molar-refractivity contribution >= 4 is 5.91 Å². The maximum absolute atomic E-state index is 13.1. The van der Waals surface area contributed by atoms with Gasteiger partial charge in [0.15, 0.2) is 0 Å². The maximum Gasteiger partial charge on any atom is 0.230 e. The summed E-state index contributed by atoms with van der Waals surface area (Å²) < 4.78 is 0. The largest absolute Gasteiger partial charge is 0.337 e. The number of amides is 1. The Kier molecular flexibility index (Phi) is 4.00. The number of nitrogens with zero attached hydrogens (tertiary/aromatic N) is 1. The van der Waals surface area contributed by atoms with E-state index in [4.69, 9.17) is 0 Å². The van der Waals surface area contributed by atoms with E-state index in [2.05, 4.69) is 37.9 Å². The molecular weight excluding hydrogens is 224 g/mol. The summed E-state index contributed by atoms with van der Waals surface area (Å²) in [5.74, 6) is 0.823. The molecule has 0 radical (unpaired) electrons. The Bertz CT molecular complexity index is 298. The summed E-state index contributed by atoms with van der Waals surface area (Å²) in [6.07, 6.45) is 4.59. The number of hydrogen-bond acceptors (Lipinski definition) is 2. The molecule has 0 spiro atoms. The number of carbonyl (C=O) groups is 1. The molecule has 3 heteroatoms. The Hall–Kier alpha value is -0.570. The fourth-order valence-electron chi connectivity index (χ4n) is 3.71. The molecule has 1 unspecified atom stereocenters. The number of carbonyl (C=O) groups excluding carboxylic acids is 1. The second-order valence-corrected chi connectivity index (χ2v) is 6.58. The van der Waals surface area contributed by atoms with E-state index < -0.39 is 0 Å². The predicted molar refractivity (Wildman–Crippen MR) is 74.4 cm³/mol. The number of hydrogen-bond donors (Lipinski definition) is 1. The van der Waals surface area contributed by atoms with E-state index in [0.29, 0.717) is 23.9 Å². The summed E-state index contributed by atoms with van der Waals surface area (Å²) in [4.78, 5) is 15.3. The molecule has 2 rings (SSSR count). The van der Waals surface area contributed by atoms with Crippen LogP contribution in [0.2, 0.25) is 0 Å². The molecule has 2 fully saturated rings. The van der Waals surface area contributed by atoms with Crippen LogP contribution in [0.1, 0.15) is 53.4 Å². The standard InChI is InChI=1S/C15H28N2O/c1-11(2)15(8-9-16-10-15)14(18)17-12(3)6-5-7-13(17)4/h11-13,16H,5-10H2,1-4H3/t12-,13+,15?. The monoisotopic (exact) mass is 252 g/mol. The molecule has 3 nitrogen and oxygen atoms in total. The van der Waals surface area contributed by atoms with Crippen LogP contribution < -0.4 is 5.32 Å². The average Bonchev–Trinajstić information content (AvgIpc) is 2.78. The highest BCUT2D eigenvalue weighted by molar-refractivity contribution is 5.84. The Morgan fingerprint density at radius 1 is 1.28 bits per heavy atom. The topological polar surface area (TPSA) is 32.3 Å². The first kappa shape index (κ1) is 13.9. The minimum absolute atomic E-state index is 0.153. The normalized spacial score (nSPS) is 37.3. The van der Waals surface area contributed by atoms with Gasteiger partial charge in [-0.05, 0) is 52.0 Å². The van der Waals surface area contributed by atoms with Gasteiger partial charge in [0.05, 0.1) is 5.41 Å². The molecule has 2 aliphatic rings. The van der Waals surface area contributed by atoms with Crippen molar-refractivity contribution in [3.8, 4) is 0 Å². The number of piperidine rings is 1. The zero-order chi connectivity index (χ0) is 13.3. The van der Waals surface area contributed by atoms with Gasteiger partial charge in [-0.25, -0.2) is 0 Å². The molecule has 3 atom stereocenters. The molecule has 1 N–H and O–H groups in total.